The number of amides is 2. The molecule has 0 atom stereocenters. The lowest BCUT2D eigenvalue weighted by molar-refractivity contribution is 0.252. The van der Waals surface area contributed by atoms with E-state index in [9.17, 15) is 4.79 Å². The number of rotatable bonds is 4. The van der Waals surface area contributed by atoms with E-state index in [0.717, 1.165) is 16.6 Å². The van der Waals surface area contributed by atoms with Crippen LogP contribution in [0, 0.1) is 0 Å². The molecule has 0 spiro atoms. The average Bonchev–Trinajstić information content (AvgIpc) is 2.85. The van der Waals surface area contributed by atoms with E-state index in [-0.39, 0.29) is 6.03 Å². The normalized spacial score (nSPS) is 10.1. The smallest absolute Gasteiger partial charge is 0.319 e. The lowest BCUT2D eigenvalue weighted by Gasteiger charge is -2.08. The molecule has 0 saturated carbocycles. The Morgan fingerprint density at radius 1 is 1.22 bits per heavy atom. The second-order valence-electron chi connectivity index (χ2n) is 3.69. The molecule has 0 aliphatic rings. The molecule has 0 fully saturated rings. The number of hydrogen-bond donors (Lipinski definition) is 2. The van der Waals surface area contributed by atoms with Gasteiger partial charge in [0.2, 0.25) is 0 Å². The monoisotopic (exact) mass is 324 g/mol. The molecule has 1 heterocycles. The van der Waals surface area contributed by atoms with Crippen molar-refractivity contribution in [3.8, 4) is 0 Å². The first-order valence-corrected chi connectivity index (χ1v) is 7.25. The maximum Gasteiger partial charge on any atom is 0.319 e. The molecule has 0 aliphatic carbocycles. The molecule has 0 bridgehead atoms. The fourth-order valence-electron chi connectivity index (χ4n) is 1.48. The Morgan fingerprint density at radius 3 is 2.78 bits per heavy atom. The fraction of sp³-hybridized carbons (Fsp3) is 0.154. The van der Waals surface area contributed by atoms with E-state index in [4.69, 9.17) is 0 Å². The lowest BCUT2D eigenvalue weighted by Crippen LogP contribution is -2.30. The Morgan fingerprint density at radius 2 is 2.06 bits per heavy atom. The van der Waals surface area contributed by atoms with Crippen LogP contribution >= 0.6 is 27.3 Å². The summed E-state index contributed by atoms with van der Waals surface area (Å²) in [7, 11) is 0. The average molecular weight is 325 g/mol. The van der Waals surface area contributed by atoms with Gasteiger partial charge in [0.1, 0.15) is 0 Å². The van der Waals surface area contributed by atoms with Crippen LogP contribution in [0.3, 0.4) is 0 Å². The molecule has 94 valence electrons. The van der Waals surface area contributed by atoms with E-state index >= 15 is 0 Å². The summed E-state index contributed by atoms with van der Waals surface area (Å²) in [6.07, 6.45) is 0.862. The molecular weight excluding hydrogens is 312 g/mol. The molecule has 2 aromatic rings. The maximum atomic E-state index is 11.7. The molecule has 2 rings (SSSR count). The molecule has 2 amide bonds. The van der Waals surface area contributed by atoms with E-state index < -0.39 is 0 Å². The third-order valence-corrected chi connectivity index (χ3v) is 3.99. The minimum absolute atomic E-state index is 0.182. The summed E-state index contributed by atoms with van der Waals surface area (Å²) in [6, 6.07) is 11.4. The third-order valence-electron chi connectivity index (χ3n) is 2.36. The molecule has 2 N–H and O–H groups in total. The minimum Gasteiger partial charge on any atom is -0.338 e. The van der Waals surface area contributed by atoms with Crippen molar-refractivity contribution >= 4 is 39.0 Å². The van der Waals surface area contributed by atoms with Gasteiger partial charge < -0.3 is 10.6 Å². The molecule has 1 aromatic carbocycles. The Kier molecular flexibility index (Phi) is 4.78. The molecule has 0 aliphatic heterocycles. The largest absolute Gasteiger partial charge is 0.338 e. The van der Waals surface area contributed by atoms with Crippen LogP contribution in [-0.2, 0) is 6.42 Å². The van der Waals surface area contributed by atoms with Gasteiger partial charge in [0.25, 0.3) is 0 Å². The highest BCUT2D eigenvalue weighted by Crippen LogP contribution is 2.20. The van der Waals surface area contributed by atoms with Crippen molar-refractivity contribution in [1.82, 2.24) is 5.32 Å². The number of anilines is 1. The summed E-state index contributed by atoms with van der Waals surface area (Å²) in [5.41, 5.74) is 0.770. The van der Waals surface area contributed by atoms with E-state index in [2.05, 4.69) is 32.6 Å². The Hall–Kier alpha value is -1.33. The van der Waals surface area contributed by atoms with Gasteiger partial charge >= 0.3 is 6.03 Å². The van der Waals surface area contributed by atoms with Crippen LogP contribution in [0.5, 0.6) is 0 Å². The first-order valence-electron chi connectivity index (χ1n) is 5.57. The first kappa shape index (κ1) is 13.1. The van der Waals surface area contributed by atoms with Crippen molar-refractivity contribution < 1.29 is 4.79 Å². The van der Waals surface area contributed by atoms with Crippen molar-refractivity contribution in [2.45, 2.75) is 6.42 Å². The summed E-state index contributed by atoms with van der Waals surface area (Å²) < 4.78 is 0.874. The van der Waals surface area contributed by atoms with Crippen molar-refractivity contribution in [1.29, 1.82) is 0 Å². The zero-order chi connectivity index (χ0) is 12.8. The molecule has 18 heavy (non-hydrogen) atoms. The molecule has 3 nitrogen and oxygen atoms in total. The van der Waals surface area contributed by atoms with Crippen LogP contribution in [0.15, 0.2) is 46.3 Å². The minimum atomic E-state index is -0.182. The zero-order valence-electron chi connectivity index (χ0n) is 9.65. The van der Waals surface area contributed by atoms with Gasteiger partial charge in [-0.1, -0.05) is 18.2 Å². The number of carbonyl (C=O) groups excluding carboxylic acids is 1. The summed E-state index contributed by atoms with van der Waals surface area (Å²) >= 11 is 5.09. The van der Waals surface area contributed by atoms with Crippen LogP contribution in [0.25, 0.3) is 0 Å². The summed E-state index contributed by atoms with van der Waals surface area (Å²) in [5, 5.41) is 7.67. The van der Waals surface area contributed by atoms with Crippen LogP contribution in [0.2, 0.25) is 0 Å². The molecular formula is C13H13BrN2OS. The number of benzene rings is 1. The standard InChI is InChI=1S/C13H13BrN2OS/c14-11-5-1-2-6-12(11)16-13(17)15-8-7-10-4-3-9-18-10/h1-6,9H,7-8H2,(H2,15,16,17). The van der Waals surface area contributed by atoms with Crippen LogP contribution < -0.4 is 10.6 Å². The predicted octanol–water partition coefficient (Wildman–Crippen LogP) is 3.87. The summed E-state index contributed by atoms with van der Waals surface area (Å²) in [6.45, 7) is 0.636. The molecule has 0 saturated heterocycles. The molecule has 0 radical (unpaired) electrons. The number of halogens is 1. The second kappa shape index (κ2) is 6.56. The lowest BCUT2D eigenvalue weighted by atomic mass is 10.3. The van der Waals surface area contributed by atoms with Crippen LogP contribution in [0.1, 0.15) is 4.88 Å². The van der Waals surface area contributed by atoms with Crippen molar-refractivity contribution in [2.75, 3.05) is 11.9 Å². The van der Waals surface area contributed by atoms with Gasteiger partial charge in [-0.3, -0.25) is 0 Å². The number of nitrogens with one attached hydrogen (secondary N) is 2. The number of urea groups is 1. The maximum absolute atomic E-state index is 11.7. The third kappa shape index (κ3) is 3.85. The Bertz CT molecular complexity index is 513. The summed E-state index contributed by atoms with van der Waals surface area (Å²) in [5.74, 6) is 0. The van der Waals surface area contributed by atoms with Gasteiger partial charge in [-0.25, -0.2) is 4.79 Å². The van der Waals surface area contributed by atoms with E-state index in [1.165, 1.54) is 4.88 Å². The van der Waals surface area contributed by atoms with Crippen molar-refractivity contribution in [3.63, 3.8) is 0 Å². The van der Waals surface area contributed by atoms with E-state index in [1.807, 2.05) is 35.7 Å². The number of para-hydroxylation sites is 1. The second-order valence-corrected chi connectivity index (χ2v) is 5.58. The number of hydrogen-bond acceptors (Lipinski definition) is 2. The number of thiophene rings is 1. The number of carbonyl (C=O) groups is 1. The van der Waals surface area contributed by atoms with Crippen molar-refractivity contribution in [3.05, 3.63) is 51.1 Å². The zero-order valence-corrected chi connectivity index (χ0v) is 12.1. The predicted molar refractivity (Wildman–Crippen MR) is 79.2 cm³/mol. The molecule has 0 unspecified atom stereocenters. The van der Waals surface area contributed by atoms with E-state index in [1.54, 1.807) is 11.3 Å². The van der Waals surface area contributed by atoms with Crippen LogP contribution in [-0.4, -0.2) is 12.6 Å². The Balaban J connectivity index is 1.77. The van der Waals surface area contributed by atoms with Crippen LogP contribution in [0.4, 0.5) is 10.5 Å². The van der Waals surface area contributed by atoms with Gasteiger partial charge in [0, 0.05) is 15.9 Å². The quantitative estimate of drug-likeness (QED) is 0.880. The van der Waals surface area contributed by atoms with Gasteiger partial charge in [-0.2, -0.15) is 0 Å². The van der Waals surface area contributed by atoms with Gasteiger partial charge in [-0.15, -0.1) is 11.3 Å². The van der Waals surface area contributed by atoms with E-state index in [0.29, 0.717) is 6.54 Å². The highest BCUT2D eigenvalue weighted by atomic mass is 79.9. The fourth-order valence-corrected chi connectivity index (χ4v) is 2.58. The summed E-state index contributed by atoms with van der Waals surface area (Å²) in [4.78, 5) is 12.9. The molecule has 1 aromatic heterocycles. The Labute approximate surface area is 118 Å². The first-order chi connectivity index (χ1) is 8.75. The molecule has 5 heteroatoms. The highest BCUT2D eigenvalue weighted by molar-refractivity contribution is 9.10. The SMILES string of the molecule is O=C(NCCc1cccs1)Nc1ccccc1Br. The topological polar surface area (TPSA) is 41.1 Å². The van der Waals surface area contributed by atoms with Gasteiger partial charge in [0.05, 0.1) is 5.69 Å². The van der Waals surface area contributed by atoms with Gasteiger partial charge in [-0.05, 0) is 45.9 Å². The van der Waals surface area contributed by atoms with Crippen molar-refractivity contribution in [2.24, 2.45) is 0 Å². The van der Waals surface area contributed by atoms with Gasteiger partial charge in [0.15, 0.2) is 0 Å². The highest BCUT2D eigenvalue weighted by Gasteiger charge is 2.03.